The van der Waals surface area contributed by atoms with E-state index in [9.17, 15) is 4.79 Å². The van der Waals surface area contributed by atoms with Gasteiger partial charge in [-0.15, -0.1) is 0 Å². The van der Waals surface area contributed by atoms with Gasteiger partial charge in [-0.05, 0) is 6.42 Å². The lowest BCUT2D eigenvalue weighted by molar-refractivity contribution is -0.142. The van der Waals surface area contributed by atoms with Crippen molar-refractivity contribution in [1.29, 1.82) is 0 Å². The molecule has 1 N–H and O–H groups in total. The number of rotatable bonds is 3. The maximum Gasteiger partial charge on any atom is 0.308 e. The van der Waals surface area contributed by atoms with Gasteiger partial charge >= 0.3 is 5.97 Å². The normalized spacial score (nSPS) is 12.8. The van der Waals surface area contributed by atoms with Crippen LogP contribution < -0.4 is 0 Å². The summed E-state index contributed by atoms with van der Waals surface area (Å²) < 4.78 is 4.32. The van der Waals surface area contributed by atoms with Crippen molar-refractivity contribution < 1.29 is 14.6 Å². The van der Waals surface area contributed by atoms with E-state index in [1.807, 2.05) is 6.92 Å². The number of ether oxygens (including phenoxy) is 1. The first kappa shape index (κ1) is 8.43. The Hall–Kier alpha value is -0.570. The third-order valence-corrected chi connectivity index (χ3v) is 1.10. The summed E-state index contributed by atoms with van der Waals surface area (Å²) in [5.41, 5.74) is 0. The third-order valence-electron chi connectivity index (χ3n) is 1.10. The smallest absolute Gasteiger partial charge is 0.308 e. The molecule has 54 valence electrons. The Balaban J connectivity index is 3.34. The summed E-state index contributed by atoms with van der Waals surface area (Å²) in [4.78, 5) is 10.4. The molecule has 0 aliphatic heterocycles. The molecule has 3 heteroatoms. The average Bonchev–Trinajstić information content (AvgIpc) is 1.87. The predicted molar refractivity (Wildman–Crippen MR) is 32.9 cm³/mol. The highest BCUT2D eigenvalue weighted by molar-refractivity contribution is 5.69. The van der Waals surface area contributed by atoms with Gasteiger partial charge in [0.05, 0.1) is 19.6 Å². The molecule has 0 saturated carbocycles. The van der Waals surface area contributed by atoms with Gasteiger partial charge in [0.1, 0.15) is 0 Å². The molecule has 3 nitrogen and oxygen atoms in total. The quantitative estimate of drug-likeness (QED) is 0.562. The molecular formula is C6H12O3. The van der Waals surface area contributed by atoms with E-state index in [-0.39, 0.29) is 12.4 Å². The molecule has 0 amide bonds. The zero-order valence-electron chi connectivity index (χ0n) is 5.76. The van der Waals surface area contributed by atoms with E-state index in [1.165, 1.54) is 7.11 Å². The Kier molecular flexibility index (Phi) is 4.05. The maximum atomic E-state index is 10.4. The summed E-state index contributed by atoms with van der Waals surface area (Å²) in [6, 6.07) is 0. The molecule has 1 atom stereocenters. The van der Waals surface area contributed by atoms with E-state index in [2.05, 4.69) is 4.74 Å². The summed E-state index contributed by atoms with van der Waals surface area (Å²) in [5.74, 6) is -0.357. The Bertz CT molecular complexity index is 90.3. The number of carbonyl (C=O) groups is 1. The van der Waals surface area contributed by atoms with Gasteiger partial charge in [0, 0.05) is 0 Å². The predicted octanol–water partition coefficient (Wildman–Crippen LogP) is 0.320. The number of aliphatic hydroxyl groups is 1. The number of hydrogen-bond acceptors (Lipinski definition) is 3. The monoisotopic (exact) mass is 132 g/mol. The van der Waals surface area contributed by atoms with Crippen LogP contribution in [0.25, 0.3) is 0 Å². The van der Waals surface area contributed by atoms with Crippen molar-refractivity contribution in [3.63, 3.8) is 0 Å². The van der Waals surface area contributed by atoms with Gasteiger partial charge in [0.15, 0.2) is 0 Å². The zero-order valence-corrected chi connectivity index (χ0v) is 5.76. The molecule has 0 aromatic heterocycles. The molecule has 0 aliphatic rings. The first-order chi connectivity index (χ1) is 4.20. The molecule has 0 radical (unpaired) electrons. The Labute approximate surface area is 54.6 Å². The van der Waals surface area contributed by atoms with Crippen molar-refractivity contribution in [1.82, 2.24) is 0 Å². The minimum Gasteiger partial charge on any atom is -0.469 e. The van der Waals surface area contributed by atoms with Crippen LogP contribution in [0.5, 0.6) is 0 Å². The highest BCUT2D eigenvalue weighted by atomic mass is 16.5. The van der Waals surface area contributed by atoms with E-state index in [1.54, 1.807) is 0 Å². The highest BCUT2D eigenvalue weighted by Crippen LogP contribution is 1.96. The maximum absolute atomic E-state index is 10.4. The van der Waals surface area contributed by atoms with Crippen molar-refractivity contribution in [2.75, 3.05) is 7.11 Å². The second kappa shape index (κ2) is 4.32. The molecule has 0 aromatic rings. The second-order valence-corrected chi connectivity index (χ2v) is 1.84. The lowest BCUT2D eigenvalue weighted by atomic mass is 10.2. The van der Waals surface area contributed by atoms with Gasteiger partial charge in [-0.1, -0.05) is 6.92 Å². The molecule has 9 heavy (non-hydrogen) atoms. The molecule has 0 aliphatic carbocycles. The summed E-state index contributed by atoms with van der Waals surface area (Å²) in [5, 5.41) is 8.86. The summed E-state index contributed by atoms with van der Waals surface area (Å²) in [6.07, 6.45) is 0.152. The molecule has 0 spiro atoms. The lowest BCUT2D eigenvalue weighted by Gasteiger charge is -2.03. The van der Waals surface area contributed by atoms with Crippen LogP contribution in [0.2, 0.25) is 0 Å². The molecule has 0 fully saturated rings. The second-order valence-electron chi connectivity index (χ2n) is 1.84. The minimum atomic E-state index is -0.544. The fraction of sp³-hybridized carbons (Fsp3) is 0.833. The van der Waals surface area contributed by atoms with Crippen LogP contribution in [0.15, 0.2) is 0 Å². The summed E-state index contributed by atoms with van der Waals surface area (Å²) in [7, 11) is 1.31. The molecule has 1 unspecified atom stereocenters. The van der Waals surface area contributed by atoms with Gasteiger partial charge in [-0.25, -0.2) is 0 Å². The van der Waals surface area contributed by atoms with Crippen LogP contribution >= 0.6 is 0 Å². The minimum absolute atomic E-state index is 0.104. The van der Waals surface area contributed by atoms with Crippen LogP contribution in [0.4, 0.5) is 0 Å². The Morgan fingerprint density at radius 1 is 1.78 bits per heavy atom. The van der Waals surface area contributed by atoms with Crippen LogP contribution in [0.3, 0.4) is 0 Å². The van der Waals surface area contributed by atoms with Gasteiger partial charge in [-0.3, -0.25) is 4.79 Å². The highest BCUT2D eigenvalue weighted by Gasteiger charge is 2.06. The Morgan fingerprint density at radius 3 is 2.67 bits per heavy atom. The van der Waals surface area contributed by atoms with Crippen LogP contribution in [-0.2, 0) is 9.53 Å². The van der Waals surface area contributed by atoms with E-state index < -0.39 is 6.10 Å². The van der Waals surface area contributed by atoms with Gasteiger partial charge in [-0.2, -0.15) is 0 Å². The van der Waals surface area contributed by atoms with Crippen LogP contribution in [-0.4, -0.2) is 24.3 Å². The number of carbonyl (C=O) groups excluding carboxylic acids is 1. The van der Waals surface area contributed by atoms with Gasteiger partial charge < -0.3 is 9.84 Å². The average molecular weight is 132 g/mol. The molecule has 0 aromatic carbocycles. The van der Waals surface area contributed by atoms with Gasteiger partial charge in [0.25, 0.3) is 0 Å². The van der Waals surface area contributed by atoms with E-state index in [0.29, 0.717) is 6.42 Å². The van der Waals surface area contributed by atoms with Crippen LogP contribution in [0.1, 0.15) is 19.8 Å². The van der Waals surface area contributed by atoms with Crippen molar-refractivity contribution in [3.8, 4) is 0 Å². The molecular weight excluding hydrogens is 120 g/mol. The number of aliphatic hydroxyl groups excluding tert-OH is 1. The largest absolute Gasteiger partial charge is 0.469 e. The number of methoxy groups -OCH3 is 1. The lowest BCUT2D eigenvalue weighted by Crippen LogP contribution is -2.12. The van der Waals surface area contributed by atoms with Crippen molar-refractivity contribution in [2.24, 2.45) is 0 Å². The standard InChI is InChI=1S/C6H12O3/c1-3-5(7)4-6(8)9-2/h5,7H,3-4H2,1-2H3. The third kappa shape index (κ3) is 3.97. The fourth-order valence-electron chi connectivity index (χ4n) is 0.420. The molecule has 0 bridgehead atoms. The Morgan fingerprint density at radius 2 is 2.33 bits per heavy atom. The van der Waals surface area contributed by atoms with Gasteiger partial charge in [0.2, 0.25) is 0 Å². The molecule has 0 heterocycles. The van der Waals surface area contributed by atoms with Crippen LogP contribution in [0, 0.1) is 0 Å². The fourth-order valence-corrected chi connectivity index (χ4v) is 0.420. The zero-order chi connectivity index (χ0) is 7.28. The van der Waals surface area contributed by atoms with E-state index >= 15 is 0 Å². The first-order valence-electron chi connectivity index (χ1n) is 2.95. The topological polar surface area (TPSA) is 46.5 Å². The summed E-state index contributed by atoms with van der Waals surface area (Å²) >= 11 is 0. The summed E-state index contributed by atoms with van der Waals surface area (Å²) in [6.45, 7) is 1.81. The van der Waals surface area contributed by atoms with E-state index in [4.69, 9.17) is 5.11 Å². The van der Waals surface area contributed by atoms with Crippen molar-refractivity contribution in [2.45, 2.75) is 25.9 Å². The van der Waals surface area contributed by atoms with Crippen molar-refractivity contribution >= 4 is 5.97 Å². The van der Waals surface area contributed by atoms with E-state index in [0.717, 1.165) is 0 Å². The first-order valence-corrected chi connectivity index (χ1v) is 2.95. The number of hydrogen-bond donors (Lipinski definition) is 1. The molecule has 0 saturated heterocycles. The van der Waals surface area contributed by atoms with Crippen molar-refractivity contribution in [3.05, 3.63) is 0 Å². The molecule has 0 rings (SSSR count). The SMILES string of the molecule is CCC(O)CC(=O)OC. The number of esters is 1.